The number of H-pyrrole nitrogens is 1. The van der Waals surface area contributed by atoms with E-state index in [1.54, 1.807) is 17.5 Å². The molecule has 0 fully saturated rings. The van der Waals surface area contributed by atoms with Crippen molar-refractivity contribution in [1.82, 2.24) is 9.97 Å². The van der Waals surface area contributed by atoms with Gasteiger partial charge in [0.15, 0.2) is 0 Å². The van der Waals surface area contributed by atoms with Gasteiger partial charge in [0.25, 0.3) is 0 Å². The van der Waals surface area contributed by atoms with E-state index >= 15 is 0 Å². The van der Waals surface area contributed by atoms with E-state index in [1.165, 1.54) is 5.39 Å². The van der Waals surface area contributed by atoms with Crippen LogP contribution in [0.5, 0.6) is 0 Å². The molecule has 150 valence electrons. The molecule has 0 atom stereocenters. The van der Waals surface area contributed by atoms with Gasteiger partial charge in [0, 0.05) is 44.0 Å². The van der Waals surface area contributed by atoms with Crippen LogP contribution in [0.25, 0.3) is 43.2 Å². The van der Waals surface area contributed by atoms with Gasteiger partial charge in [0.2, 0.25) is 0 Å². The number of nitrogens with zero attached hydrogens (tertiary/aromatic N) is 1. The quantitative estimate of drug-likeness (QED) is 0.344. The summed E-state index contributed by atoms with van der Waals surface area (Å²) in [5.74, 6) is 0.560. The Bertz CT molecular complexity index is 1470. The lowest BCUT2D eigenvalue weighted by molar-refractivity contribution is 0.614. The van der Waals surface area contributed by atoms with E-state index < -0.39 is 10.7 Å². The second kappa shape index (κ2) is 7.27. The summed E-state index contributed by atoms with van der Waals surface area (Å²) in [7, 11) is -2.44. The molecule has 0 amide bonds. The lowest BCUT2D eigenvalue weighted by Gasteiger charge is -2.08. The minimum atomic E-state index is -2.44. The van der Waals surface area contributed by atoms with Crippen molar-refractivity contribution in [2.24, 2.45) is 0 Å². The zero-order chi connectivity index (χ0) is 20.8. The summed E-state index contributed by atoms with van der Waals surface area (Å²) >= 11 is 1.65. The van der Waals surface area contributed by atoms with Crippen LogP contribution >= 0.6 is 11.3 Å². The summed E-state index contributed by atoms with van der Waals surface area (Å²) in [5, 5.41) is 4.25. The highest BCUT2D eigenvalue weighted by molar-refractivity contribution is 7.71. The van der Waals surface area contributed by atoms with Crippen molar-refractivity contribution < 1.29 is 8.42 Å². The third-order valence-corrected chi connectivity index (χ3v) is 6.90. The first-order valence-corrected chi connectivity index (χ1v) is 11.7. The summed E-state index contributed by atoms with van der Waals surface area (Å²) in [6, 6.07) is 16.1. The summed E-state index contributed by atoms with van der Waals surface area (Å²) in [5.41, 5.74) is 13.5. The van der Waals surface area contributed by atoms with Gasteiger partial charge in [-0.3, -0.25) is 0 Å². The summed E-state index contributed by atoms with van der Waals surface area (Å²) in [6.07, 6.45) is 1.79. The number of hydrogen-bond donors (Lipinski definition) is 3. The number of aromatic nitrogens is 2. The molecule has 0 aliphatic heterocycles. The molecule has 3 N–H and O–H groups in total. The maximum absolute atomic E-state index is 11.0. The Morgan fingerprint density at radius 2 is 1.80 bits per heavy atom. The number of anilines is 1. The summed E-state index contributed by atoms with van der Waals surface area (Å²) in [6.45, 7) is 2.05. The van der Waals surface area contributed by atoms with Crippen LogP contribution in [0, 0.1) is 6.92 Å². The van der Waals surface area contributed by atoms with Crippen LogP contribution in [0.15, 0.2) is 60.1 Å². The molecule has 30 heavy (non-hydrogen) atoms. The van der Waals surface area contributed by atoms with Gasteiger partial charge >= 0.3 is 0 Å². The Morgan fingerprint density at radius 3 is 2.57 bits per heavy atom. The van der Waals surface area contributed by atoms with Gasteiger partial charge in [-0.25, -0.2) is 13.4 Å². The number of thiophene rings is 1. The van der Waals surface area contributed by atoms with Crippen molar-refractivity contribution in [3.8, 4) is 22.3 Å². The third kappa shape index (κ3) is 3.26. The normalized spacial score (nSPS) is 11.7. The molecule has 0 unspecified atom stereocenters. The third-order valence-electron chi connectivity index (χ3n) is 5.27. The van der Waals surface area contributed by atoms with Gasteiger partial charge < -0.3 is 10.7 Å². The van der Waals surface area contributed by atoms with Crippen molar-refractivity contribution in [2.45, 2.75) is 12.7 Å². The Hall–Kier alpha value is -3.16. The Kier molecular flexibility index (Phi) is 4.56. The van der Waals surface area contributed by atoms with Crippen molar-refractivity contribution in [2.75, 3.05) is 5.73 Å². The highest BCUT2D eigenvalue weighted by Crippen LogP contribution is 2.42. The smallest absolute Gasteiger partial charge is 0.144 e. The Labute approximate surface area is 179 Å². The minimum absolute atomic E-state index is 0.0509. The van der Waals surface area contributed by atoms with Crippen molar-refractivity contribution in [1.29, 1.82) is 0 Å². The standard InChI is InChI=1S/C23H19N3O2S2/c1-13-8-17-9-16(6-7-20(17)26-13)19-11-29-22-18(10-25-23(24)21(19)22)15-4-2-14(3-5-15)12-30(27)28/h2-11,26,30H,12H2,1H3,(H2,24,25). The average molecular weight is 434 g/mol. The zero-order valence-corrected chi connectivity index (χ0v) is 17.9. The van der Waals surface area contributed by atoms with E-state index in [4.69, 9.17) is 5.73 Å². The number of thiol groups is 1. The molecule has 0 saturated carbocycles. The number of aromatic amines is 1. The molecule has 0 bridgehead atoms. The number of rotatable bonds is 4. The van der Waals surface area contributed by atoms with Crippen LogP contribution in [0.4, 0.5) is 5.82 Å². The molecule has 0 aliphatic rings. The van der Waals surface area contributed by atoms with Crippen LogP contribution in [-0.2, 0) is 16.5 Å². The predicted molar refractivity (Wildman–Crippen MR) is 126 cm³/mol. The van der Waals surface area contributed by atoms with Gasteiger partial charge in [-0.1, -0.05) is 30.3 Å². The first-order valence-electron chi connectivity index (χ1n) is 9.46. The summed E-state index contributed by atoms with van der Waals surface area (Å²) < 4.78 is 23.0. The largest absolute Gasteiger partial charge is 0.383 e. The fourth-order valence-electron chi connectivity index (χ4n) is 3.87. The van der Waals surface area contributed by atoms with Crippen molar-refractivity contribution >= 4 is 48.8 Å². The van der Waals surface area contributed by atoms with Crippen LogP contribution in [0.3, 0.4) is 0 Å². The van der Waals surface area contributed by atoms with E-state index in [1.807, 2.05) is 24.3 Å². The van der Waals surface area contributed by atoms with E-state index in [-0.39, 0.29) is 5.75 Å². The lowest BCUT2D eigenvalue weighted by Crippen LogP contribution is -1.93. The van der Waals surface area contributed by atoms with Crippen LogP contribution in [0.2, 0.25) is 0 Å². The van der Waals surface area contributed by atoms with Gasteiger partial charge in [-0.05, 0) is 47.2 Å². The van der Waals surface area contributed by atoms with E-state index in [9.17, 15) is 8.42 Å². The molecule has 7 heteroatoms. The van der Waals surface area contributed by atoms with Crippen molar-refractivity contribution in [3.05, 3.63) is 71.4 Å². The number of benzene rings is 2. The SMILES string of the molecule is Cc1cc2cc(-c3csc4c(-c5ccc(C[SH](=O)=O)cc5)cnc(N)c34)ccc2[nH]1. The lowest BCUT2D eigenvalue weighted by atomic mass is 10.00. The molecule has 0 spiro atoms. The zero-order valence-electron chi connectivity index (χ0n) is 16.2. The molecule has 2 aromatic carbocycles. The van der Waals surface area contributed by atoms with Crippen molar-refractivity contribution in [3.63, 3.8) is 0 Å². The molecule has 3 heterocycles. The molecule has 5 nitrogen and oxygen atoms in total. The molecule has 0 aliphatic carbocycles. The first kappa shape index (κ1) is 18.8. The summed E-state index contributed by atoms with van der Waals surface area (Å²) in [4.78, 5) is 7.81. The maximum atomic E-state index is 11.0. The highest BCUT2D eigenvalue weighted by atomic mass is 32.2. The molecule has 0 radical (unpaired) electrons. The number of pyridine rings is 1. The van der Waals surface area contributed by atoms with Gasteiger partial charge in [0.05, 0.1) is 5.75 Å². The fraction of sp³-hybridized carbons (Fsp3) is 0.0870. The number of fused-ring (bicyclic) bond motifs is 2. The van der Waals surface area contributed by atoms with Crippen LogP contribution < -0.4 is 5.73 Å². The van der Waals surface area contributed by atoms with Crippen LogP contribution in [0.1, 0.15) is 11.3 Å². The second-order valence-corrected chi connectivity index (χ2v) is 9.21. The maximum Gasteiger partial charge on any atom is 0.144 e. The molecule has 3 aromatic heterocycles. The van der Waals surface area contributed by atoms with Gasteiger partial charge in [-0.15, -0.1) is 11.3 Å². The van der Waals surface area contributed by atoms with Gasteiger partial charge in [-0.2, -0.15) is 0 Å². The molecular formula is C23H19N3O2S2. The fourth-order valence-corrected chi connectivity index (χ4v) is 5.50. The molecule has 5 rings (SSSR count). The second-order valence-electron chi connectivity index (χ2n) is 7.35. The molecule has 5 aromatic rings. The molecular weight excluding hydrogens is 414 g/mol. The topological polar surface area (TPSA) is 88.8 Å². The Morgan fingerprint density at radius 1 is 1.03 bits per heavy atom. The number of nitrogens with one attached hydrogen (secondary N) is 1. The first-order chi connectivity index (χ1) is 14.5. The van der Waals surface area contributed by atoms with Crippen LogP contribution in [-0.4, -0.2) is 18.4 Å². The van der Waals surface area contributed by atoms with Gasteiger partial charge in [0.1, 0.15) is 16.5 Å². The molecule has 0 saturated heterocycles. The minimum Gasteiger partial charge on any atom is -0.383 e. The predicted octanol–water partition coefficient (Wildman–Crippen LogP) is 5.11. The van der Waals surface area contributed by atoms with E-state index in [2.05, 4.69) is 46.5 Å². The average Bonchev–Trinajstić information content (AvgIpc) is 3.31. The monoisotopic (exact) mass is 433 g/mol. The highest BCUT2D eigenvalue weighted by Gasteiger charge is 2.15. The Balaban J connectivity index is 1.64. The van der Waals surface area contributed by atoms with E-state index in [0.717, 1.165) is 49.1 Å². The number of nitrogens with two attached hydrogens (primary N) is 1. The number of nitrogen functional groups attached to an aromatic ring is 1. The van der Waals surface area contributed by atoms with E-state index in [0.29, 0.717) is 5.82 Å². The number of hydrogen-bond acceptors (Lipinski definition) is 5. The number of aryl methyl sites for hydroxylation is 1.